The third-order valence-electron chi connectivity index (χ3n) is 4.70. The summed E-state index contributed by atoms with van der Waals surface area (Å²) in [5.74, 6) is 1.17. The summed E-state index contributed by atoms with van der Waals surface area (Å²) in [5.41, 5.74) is -0.186. The highest BCUT2D eigenvalue weighted by molar-refractivity contribution is 5.94. The zero-order chi connectivity index (χ0) is 17.7. The molecule has 0 unspecified atom stereocenters. The quantitative estimate of drug-likeness (QED) is 0.798. The van der Waals surface area contributed by atoms with E-state index in [1.165, 1.54) is 14.2 Å². The molecule has 6 nitrogen and oxygen atoms in total. The second-order valence-electron chi connectivity index (χ2n) is 6.52. The summed E-state index contributed by atoms with van der Waals surface area (Å²) in [6.45, 7) is 6.11. The Balaban J connectivity index is 2.25. The number of quaternary nitrogens is 1. The predicted molar refractivity (Wildman–Crippen MR) is 90.0 cm³/mol. The second kappa shape index (κ2) is 7.75. The number of rotatable bonds is 6. The number of hydrogen-bond acceptors (Lipinski definition) is 5. The Morgan fingerprint density at radius 2 is 1.67 bits per heavy atom. The van der Waals surface area contributed by atoms with Crippen molar-refractivity contribution in [1.29, 1.82) is 0 Å². The minimum atomic E-state index is -0.524. The molecule has 0 aromatic heterocycles. The fourth-order valence-corrected chi connectivity index (χ4v) is 3.26. The molecule has 134 valence electrons. The predicted octanol–water partition coefficient (Wildman–Crippen LogP) is 1.62. The number of benzene rings is 1. The lowest BCUT2D eigenvalue weighted by atomic mass is 9.83. The maximum absolute atomic E-state index is 12.7. The molecule has 0 aliphatic carbocycles. The van der Waals surface area contributed by atoms with Crippen LogP contribution < -0.4 is 19.5 Å². The minimum Gasteiger partial charge on any atom is -0.493 e. The van der Waals surface area contributed by atoms with Crippen LogP contribution in [0.25, 0.3) is 0 Å². The number of carbonyl (C=O) groups is 1. The van der Waals surface area contributed by atoms with Gasteiger partial charge in [0.2, 0.25) is 5.75 Å². The fraction of sp³-hybridized carbons (Fsp3) is 0.611. The number of esters is 1. The molecule has 0 bridgehead atoms. The molecule has 2 N–H and O–H groups in total. The van der Waals surface area contributed by atoms with Crippen molar-refractivity contribution in [2.24, 2.45) is 5.92 Å². The number of hydrogen-bond donors (Lipinski definition) is 1. The maximum Gasteiger partial charge on any atom is 0.342 e. The topological polar surface area (TPSA) is 70.6 Å². The summed E-state index contributed by atoms with van der Waals surface area (Å²) >= 11 is 0. The Morgan fingerprint density at radius 3 is 2.21 bits per heavy atom. The lowest BCUT2D eigenvalue weighted by molar-refractivity contribution is -0.665. The molecular weight excluding hydrogens is 310 g/mol. The normalized spacial score (nSPS) is 15.7. The highest BCUT2D eigenvalue weighted by Crippen LogP contribution is 2.40. The third kappa shape index (κ3) is 3.75. The van der Waals surface area contributed by atoms with Gasteiger partial charge in [-0.25, -0.2) is 4.79 Å². The third-order valence-corrected chi connectivity index (χ3v) is 4.70. The average Bonchev–Trinajstić information content (AvgIpc) is 2.60. The lowest BCUT2D eigenvalue weighted by Crippen LogP contribution is -2.86. The van der Waals surface area contributed by atoms with Crippen LogP contribution in [0.4, 0.5) is 0 Å². The van der Waals surface area contributed by atoms with E-state index >= 15 is 0 Å². The van der Waals surface area contributed by atoms with Crippen LogP contribution >= 0.6 is 0 Å². The Labute approximate surface area is 143 Å². The summed E-state index contributed by atoms with van der Waals surface area (Å²) in [7, 11) is 4.55. The molecule has 1 heterocycles. The van der Waals surface area contributed by atoms with Gasteiger partial charge in [-0.15, -0.1) is 0 Å². The first kappa shape index (κ1) is 18.4. The van der Waals surface area contributed by atoms with Crippen LogP contribution in [0.2, 0.25) is 0 Å². The molecule has 1 aromatic carbocycles. The zero-order valence-corrected chi connectivity index (χ0v) is 15.2. The number of carbonyl (C=O) groups excluding carboxylic acids is 1. The number of piperidine rings is 1. The molecular formula is C18H28NO5+. The van der Waals surface area contributed by atoms with Crippen LogP contribution in [0.3, 0.4) is 0 Å². The molecule has 0 atom stereocenters. The smallest absolute Gasteiger partial charge is 0.342 e. The molecule has 6 heteroatoms. The zero-order valence-electron chi connectivity index (χ0n) is 15.2. The van der Waals surface area contributed by atoms with Crippen LogP contribution in [0.5, 0.6) is 17.2 Å². The van der Waals surface area contributed by atoms with E-state index in [1.54, 1.807) is 19.2 Å². The largest absolute Gasteiger partial charge is 0.493 e. The number of nitrogens with two attached hydrogens (primary N) is 1. The summed E-state index contributed by atoms with van der Waals surface area (Å²) in [5, 5.41) is 2.30. The van der Waals surface area contributed by atoms with Crippen LogP contribution in [0.1, 0.15) is 37.0 Å². The monoisotopic (exact) mass is 338 g/mol. The van der Waals surface area contributed by atoms with Crippen molar-refractivity contribution < 1.29 is 29.1 Å². The van der Waals surface area contributed by atoms with Gasteiger partial charge in [0.1, 0.15) is 11.2 Å². The van der Waals surface area contributed by atoms with E-state index in [0.717, 1.165) is 25.9 Å². The van der Waals surface area contributed by atoms with Gasteiger partial charge < -0.3 is 24.3 Å². The van der Waals surface area contributed by atoms with E-state index in [9.17, 15) is 4.79 Å². The first-order valence-electron chi connectivity index (χ1n) is 8.28. The molecule has 2 rings (SSSR count). The van der Waals surface area contributed by atoms with E-state index < -0.39 is 11.6 Å². The van der Waals surface area contributed by atoms with Crippen molar-refractivity contribution in [3.8, 4) is 17.2 Å². The van der Waals surface area contributed by atoms with E-state index in [-0.39, 0.29) is 0 Å². The lowest BCUT2D eigenvalue weighted by Gasteiger charge is -2.35. The molecule has 1 aliphatic rings. The van der Waals surface area contributed by atoms with Crippen molar-refractivity contribution >= 4 is 5.97 Å². The van der Waals surface area contributed by atoms with E-state index in [0.29, 0.717) is 28.7 Å². The van der Waals surface area contributed by atoms with Crippen molar-refractivity contribution in [3.05, 3.63) is 17.7 Å². The van der Waals surface area contributed by atoms with Gasteiger partial charge in [-0.05, 0) is 26.0 Å². The molecule has 0 spiro atoms. The summed E-state index contributed by atoms with van der Waals surface area (Å²) in [6, 6.07) is 3.33. The van der Waals surface area contributed by atoms with Crippen LogP contribution in [-0.4, -0.2) is 46.0 Å². The summed E-state index contributed by atoms with van der Waals surface area (Å²) < 4.78 is 21.8. The Kier molecular flexibility index (Phi) is 5.94. The molecule has 1 aliphatic heterocycles. The van der Waals surface area contributed by atoms with Crippen LogP contribution in [0, 0.1) is 5.92 Å². The van der Waals surface area contributed by atoms with Crippen molar-refractivity contribution in [2.45, 2.75) is 32.3 Å². The maximum atomic E-state index is 12.7. The highest BCUT2D eigenvalue weighted by atomic mass is 16.6. The number of methoxy groups -OCH3 is 3. The van der Waals surface area contributed by atoms with Crippen LogP contribution in [-0.2, 0) is 4.74 Å². The van der Waals surface area contributed by atoms with Gasteiger partial charge in [0.15, 0.2) is 11.5 Å². The first-order valence-corrected chi connectivity index (χ1v) is 8.28. The van der Waals surface area contributed by atoms with Gasteiger partial charge in [0.05, 0.1) is 34.4 Å². The SMILES string of the molecule is COc1ccc(C(=O)OC(C)(C)C2CC[NH2+]CC2)c(OC)c1OC. The molecule has 0 amide bonds. The molecule has 1 fully saturated rings. The van der Waals surface area contributed by atoms with Crippen molar-refractivity contribution in [1.82, 2.24) is 0 Å². The molecule has 0 radical (unpaired) electrons. The van der Waals surface area contributed by atoms with Gasteiger partial charge in [-0.1, -0.05) is 0 Å². The fourth-order valence-electron chi connectivity index (χ4n) is 3.26. The van der Waals surface area contributed by atoms with E-state index in [4.69, 9.17) is 18.9 Å². The van der Waals surface area contributed by atoms with Gasteiger partial charge in [0, 0.05) is 18.8 Å². The van der Waals surface area contributed by atoms with Gasteiger partial charge in [-0.2, -0.15) is 0 Å². The van der Waals surface area contributed by atoms with Crippen molar-refractivity contribution in [2.75, 3.05) is 34.4 Å². The van der Waals surface area contributed by atoms with E-state index in [1.807, 2.05) is 13.8 Å². The standard InChI is InChI=1S/C18H27NO5/c1-18(2,12-8-10-19-11-9-12)24-17(20)13-6-7-14(21-3)16(23-5)15(13)22-4/h6-7,12,19H,8-11H2,1-5H3/p+1. The Hall–Kier alpha value is -1.95. The van der Waals surface area contributed by atoms with Gasteiger partial charge >= 0.3 is 5.97 Å². The van der Waals surface area contributed by atoms with Crippen molar-refractivity contribution in [3.63, 3.8) is 0 Å². The second-order valence-corrected chi connectivity index (χ2v) is 6.52. The Morgan fingerprint density at radius 1 is 1.04 bits per heavy atom. The molecule has 1 aromatic rings. The molecule has 1 saturated heterocycles. The minimum absolute atomic E-state index is 0.328. The summed E-state index contributed by atoms with van der Waals surface area (Å²) in [4.78, 5) is 12.7. The van der Waals surface area contributed by atoms with E-state index in [2.05, 4.69) is 5.32 Å². The first-order chi connectivity index (χ1) is 11.4. The molecule has 0 saturated carbocycles. The highest BCUT2D eigenvalue weighted by Gasteiger charge is 2.36. The Bertz CT molecular complexity index is 579. The van der Waals surface area contributed by atoms with Crippen LogP contribution in [0.15, 0.2) is 12.1 Å². The van der Waals surface area contributed by atoms with Gasteiger partial charge in [-0.3, -0.25) is 0 Å². The van der Waals surface area contributed by atoms with Gasteiger partial charge in [0.25, 0.3) is 0 Å². The molecule has 24 heavy (non-hydrogen) atoms. The number of ether oxygens (including phenoxy) is 4. The average molecular weight is 338 g/mol. The summed E-state index contributed by atoms with van der Waals surface area (Å²) in [6.07, 6.45) is 2.09.